The summed E-state index contributed by atoms with van der Waals surface area (Å²) in [5.41, 5.74) is 0. The Bertz CT molecular complexity index is 24.8. The van der Waals surface area contributed by atoms with Gasteiger partial charge in [-0.15, -0.1) is 0 Å². The molecule has 5 heteroatoms. The third-order valence-electron chi connectivity index (χ3n) is 0.149. The fraction of sp³-hybridized carbons (Fsp3) is 1.00. The SMILES string of the molecule is COP([O-])[O-].[Mg+2]. The molecule has 0 fully saturated rings. The standard InChI is InChI=1S/CH3O3P.Mg/c1-4-5(2)3;/h1H3;/q-2;+2. The van der Waals surface area contributed by atoms with Crippen LogP contribution in [0, 0.1) is 0 Å². The monoisotopic (exact) mass is 118 g/mol. The Morgan fingerprint density at radius 3 is 1.67 bits per heavy atom. The summed E-state index contributed by atoms with van der Waals surface area (Å²) >= 11 is 0. The largest absolute Gasteiger partial charge is 2.00 e. The summed E-state index contributed by atoms with van der Waals surface area (Å²) < 4.78 is 3.70. The van der Waals surface area contributed by atoms with E-state index in [1.54, 1.807) is 0 Å². The molecule has 0 bridgehead atoms. The van der Waals surface area contributed by atoms with Gasteiger partial charge in [0.1, 0.15) is 0 Å². The number of hydrogen-bond acceptors (Lipinski definition) is 3. The molecule has 0 heterocycles. The van der Waals surface area contributed by atoms with Crippen LogP contribution in [0.4, 0.5) is 0 Å². The van der Waals surface area contributed by atoms with Crippen molar-refractivity contribution >= 4 is 31.7 Å². The molecule has 0 aliphatic heterocycles. The fourth-order valence-corrected chi connectivity index (χ4v) is 0. The Balaban J connectivity index is 0. The minimum atomic E-state index is -2.60. The van der Waals surface area contributed by atoms with Crippen molar-refractivity contribution in [3.05, 3.63) is 0 Å². The Kier molecular flexibility index (Phi) is 10.3. The maximum atomic E-state index is 9.18. The molecule has 0 amide bonds. The summed E-state index contributed by atoms with van der Waals surface area (Å²) in [6.45, 7) is 0. The van der Waals surface area contributed by atoms with Crippen molar-refractivity contribution in [2.75, 3.05) is 7.11 Å². The van der Waals surface area contributed by atoms with E-state index in [2.05, 4.69) is 4.52 Å². The van der Waals surface area contributed by atoms with Gasteiger partial charge in [-0.2, -0.15) is 8.60 Å². The van der Waals surface area contributed by atoms with Crippen LogP contribution in [0.15, 0.2) is 0 Å². The molecule has 0 aromatic carbocycles. The van der Waals surface area contributed by atoms with Crippen LogP contribution in [0.1, 0.15) is 0 Å². The Hall–Kier alpha value is 1.08. The van der Waals surface area contributed by atoms with Gasteiger partial charge in [-0.25, -0.2) is 0 Å². The maximum absolute atomic E-state index is 9.18. The predicted octanol–water partition coefficient (Wildman–Crippen LogP) is -1.80. The first-order valence-corrected chi connectivity index (χ1v) is 2.05. The van der Waals surface area contributed by atoms with E-state index in [1.807, 2.05) is 0 Å². The number of rotatable bonds is 1. The van der Waals surface area contributed by atoms with E-state index >= 15 is 0 Å². The molecule has 0 atom stereocenters. The molecule has 0 aliphatic carbocycles. The summed E-state index contributed by atoms with van der Waals surface area (Å²) in [7, 11) is -1.50. The molecule has 0 rings (SSSR count). The van der Waals surface area contributed by atoms with Gasteiger partial charge in [-0.05, 0) is 0 Å². The normalized spacial score (nSPS) is 8.00. The van der Waals surface area contributed by atoms with Crippen LogP contribution in [0.2, 0.25) is 0 Å². The van der Waals surface area contributed by atoms with Gasteiger partial charge >= 0.3 is 23.1 Å². The summed E-state index contributed by atoms with van der Waals surface area (Å²) in [4.78, 5) is 18.4. The van der Waals surface area contributed by atoms with Crippen LogP contribution >= 0.6 is 8.60 Å². The Morgan fingerprint density at radius 2 is 1.67 bits per heavy atom. The van der Waals surface area contributed by atoms with Crippen molar-refractivity contribution in [3.63, 3.8) is 0 Å². The molecule has 0 aromatic heterocycles. The van der Waals surface area contributed by atoms with E-state index in [4.69, 9.17) is 0 Å². The molecule has 0 saturated carbocycles. The van der Waals surface area contributed by atoms with Crippen molar-refractivity contribution < 1.29 is 14.3 Å². The molecule has 0 spiro atoms. The molecule has 0 aromatic rings. The van der Waals surface area contributed by atoms with E-state index in [-0.39, 0.29) is 23.1 Å². The van der Waals surface area contributed by atoms with Crippen molar-refractivity contribution in [3.8, 4) is 0 Å². The molecule has 0 saturated heterocycles. The summed E-state index contributed by atoms with van der Waals surface area (Å²) in [6, 6.07) is 0. The first-order valence-electron chi connectivity index (χ1n) is 0.956. The summed E-state index contributed by atoms with van der Waals surface area (Å²) in [6.07, 6.45) is 0. The fourth-order valence-electron chi connectivity index (χ4n) is 0. The first kappa shape index (κ1) is 10.1. The smallest absolute Gasteiger partial charge is 0.820 e. The van der Waals surface area contributed by atoms with Gasteiger partial charge in [0.05, 0.1) is 0 Å². The zero-order valence-corrected chi connectivity index (χ0v) is 5.69. The average molecular weight is 118 g/mol. The van der Waals surface area contributed by atoms with Gasteiger partial charge in [0.25, 0.3) is 0 Å². The molecule has 0 N–H and O–H groups in total. The second kappa shape index (κ2) is 6.08. The van der Waals surface area contributed by atoms with Crippen LogP contribution in [-0.2, 0) is 4.52 Å². The quantitative estimate of drug-likeness (QED) is 0.301. The van der Waals surface area contributed by atoms with Crippen LogP contribution in [0.5, 0.6) is 0 Å². The van der Waals surface area contributed by atoms with Crippen LogP contribution < -0.4 is 9.79 Å². The van der Waals surface area contributed by atoms with Crippen LogP contribution in [0.25, 0.3) is 0 Å². The molecule has 0 unspecified atom stereocenters. The minimum Gasteiger partial charge on any atom is -0.820 e. The van der Waals surface area contributed by atoms with E-state index in [1.165, 1.54) is 0 Å². The van der Waals surface area contributed by atoms with E-state index in [0.29, 0.717) is 0 Å². The molecule has 0 aliphatic rings. The van der Waals surface area contributed by atoms with Gasteiger partial charge in [0.2, 0.25) is 0 Å². The molecular weight excluding hydrogens is 115 g/mol. The zero-order valence-electron chi connectivity index (χ0n) is 3.38. The molecule has 3 nitrogen and oxygen atoms in total. The molecule has 6 heavy (non-hydrogen) atoms. The van der Waals surface area contributed by atoms with Gasteiger partial charge in [-0.3, -0.25) is 0 Å². The van der Waals surface area contributed by atoms with Crippen molar-refractivity contribution in [1.29, 1.82) is 0 Å². The van der Waals surface area contributed by atoms with Crippen molar-refractivity contribution in [1.82, 2.24) is 0 Å². The van der Waals surface area contributed by atoms with E-state index in [9.17, 15) is 9.79 Å². The summed E-state index contributed by atoms with van der Waals surface area (Å²) in [5, 5.41) is 0. The second-order valence-corrected chi connectivity index (χ2v) is 1.22. The predicted molar refractivity (Wildman–Crippen MR) is 19.7 cm³/mol. The molecule has 0 radical (unpaired) electrons. The first-order chi connectivity index (χ1) is 2.27. The van der Waals surface area contributed by atoms with Gasteiger partial charge < -0.3 is 14.3 Å². The van der Waals surface area contributed by atoms with Gasteiger partial charge in [-0.1, -0.05) is 0 Å². The maximum Gasteiger partial charge on any atom is 2.00 e. The van der Waals surface area contributed by atoms with E-state index in [0.717, 1.165) is 7.11 Å². The van der Waals surface area contributed by atoms with Gasteiger partial charge in [0, 0.05) is 7.11 Å². The topological polar surface area (TPSA) is 55.3 Å². The van der Waals surface area contributed by atoms with E-state index < -0.39 is 8.60 Å². The Morgan fingerprint density at radius 1 is 1.50 bits per heavy atom. The van der Waals surface area contributed by atoms with Crippen LogP contribution in [0.3, 0.4) is 0 Å². The summed E-state index contributed by atoms with van der Waals surface area (Å²) in [5.74, 6) is 0. The third-order valence-corrected chi connectivity index (χ3v) is 0.447. The molecular formula is CH3MgO3P. The van der Waals surface area contributed by atoms with Crippen molar-refractivity contribution in [2.45, 2.75) is 0 Å². The molecule has 32 valence electrons. The number of hydrogen-bond donors (Lipinski definition) is 0. The van der Waals surface area contributed by atoms with Crippen molar-refractivity contribution in [2.24, 2.45) is 0 Å². The Labute approximate surface area is 53.5 Å². The second-order valence-electron chi connectivity index (χ2n) is 0.406. The minimum absolute atomic E-state index is 0. The average Bonchev–Trinajstić information content (AvgIpc) is 1.38. The van der Waals surface area contributed by atoms with Crippen LogP contribution in [-0.4, -0.2) is 30.2 Å². The zero-order chi connectivity index (χ0) is 4.28. The van der Waals surface area contributed by atoms with Gasteiger partial charge in [0.15, 0.2) is 0 Å². The third kappa shape index (κ3) is 8.91.